The zero-order valence-electron chi connectivity index (χ0n) is 15.2. The van der Waals surface area contributed by atoms with E-state index < -0.39 is 5.92 Å². The van der Waals surface area contributed by atoms with Crippen molar-refractivity contribution in [2.24, 2.45) is 0 Å². The molecule has 140 valence electrons. The van der Waals surface area contributed by atoms with Crippen LogP contribution in [-0.2, 0) is 16.0 Å². The highest BCUT2D eigenvalue weighted by molar-refractivity contribution is 6.34. The Morgan fingerprint density at radius 3 is 2.54 bits per heavy atom. The molecular formula is C23H19ClN2O2. The van der Waals surface area contributed by atoms with Gasteiger partial charge in [-0.3, -0.25) is 19.9 Å². The summed E-state index contributed by atoms with van der Waals surface area (Å²) in [5.41, 5.74) is 5.00. The third-order valence-corrected chi connectivity index (χ3v) is 5.46. The number of piperidine rings is 1. The van der Waals surface area contributed by atoms with Crippen LogP contribution in [0.2, 0.25) is 5.02 Å². The number of hydrogen-bond donors (Lipinski definition) is 1. The fraction of sp³-hybridized carbons (Fsp3) is 0.174. The number of hydrogen-bond acceptors (Lipinski definition) is 3. The molecule has 1 saturated heterocycles. The Balaban J connectivity index is 1.59. The fourth-order valence-electron chi connectivity index (χ4n) is 3.57. The van der Waals surface area contributed by atoms with Crippen LogP contribution in [0.3, 0.4) is 0 Å². The Bertz CT molecular complexity index is 1020. The molecule has 1 aliphatic heterocycles. The molecule has 1 N–H and O–H groups in total. The van der Waals surface area contributed by atoms with Gasteiger partial charge in [-0.15, -0.1) is 0 Å². The maximum absolute atomic E-state index is 12.2. The Morgan fingerprint density at radius 2 is 1.82 bits per heavy atom. The molecule has 0 radical (unpaired) electrons. The van der Waals surface area contributed by atoms with Crippen molar-refractivity contribution in [1.82, 2.24) is 10.3 Å². The first-order valence-corrected chi connectivity index (χ1v) is 9.60. The van der Waals surface area contributed by atoms with E-state index in [1.54, 1.807) is 6.20 Å². The second-order valence-corrected chi connectivity index (χ2v) is 7.33. The highest BCUT2D eigenvalue weighted by Gasteiger charge is 2.30. The lowest BCUT2D eigenvalue weighted by Crippen LogP contribution is -2.39. The van der Waals surface area contributed by atoms with Crippen LogP contribution in [-0.4, -0.2) is 16.8 Å². The van der Waals surface area contributed by atoms with Gasteiger partial charge in [0.2, 0.25) is 11.8 Å². The lowest BCUT2D eigenvalue weighted by molar-refractivity contribution is -0.134. The topological polar surface area (TPSA) is 59.1 Å². The van der Waals surface area contributed by atoms with Crippen molar-refractivity contribution in [3.63, 3.8) is 0 Å². The SMILES string of the molecule is O=C1CCC(c2cccc(-c3ccc(Cc4cccnc4)cc3)c2Cl)C(=O)N1. The van der Waals surface area contributed by atoms with Crippen molar-refractivity contribution < 1.29 is 9.59 Å². The highest BCUT2D eigenvalue weighted by atomic mass is 35.5. The first kappa shape index (κ1) is 18.4. The monoisotopic (exact) mass is 390 g/mol. The van der Waals surface area contributed by atoms with E-state index in [1.807, 2.05) is 42.6 Å². The van der Waals surface area contributed by atoms with Gasteiger partial charge in [-0.1, -0.05) is 60.1 Å². The molecule has 0 spiro atoms. The lowest BCUT2D eigenvalue weighted by atomic mass is 9.88. The summed E-state index contributed by atoms with van der Waals surface area (Å²) in [5, 5.41) is 2.97. The zero-order chi connectivity index (χ0) is 19.5. The Hall–Kier alpha value is -2.98. The molecular weight excluding hydrogens is 372 g/mol. The molecule has 1 fully saturated rings. The van der Waals surface area contributed by atoms with Crippen LogP contribution < -0.4 is 5.32 Å². The second kappa shape index (κ2) is 7.95. The van der Waals surface area contributed by atoms with Crippen LogP contribution in [0.25, 0.3) is 11.1 Å². The van der Waals surface area contributed by atoms with Crippen LogP contribution in [0.1, 0.15) is 35.4 Å². The lowest BCUT2D eigenvalue weighted by Gasteiger charge is -2.23. The molecule has 0 bridgehead atoms. The summed E-state index contributed by atoms with van der Waals surface area (Å²) in [4.78, 5) is 27.8. The minimum absolute atomic E-state index is 0.224. The number of halogens is 1. The van der Waals surface area contributed by atoms with E-state index in [0.29, 0.717) is 17.9 Å². The molecule has 1 atom stereocenters. The minimum Gasteiger partial charge on any atom is -0.296 e. The first-order valence-electron chi connectivity index (χ1n) is 9.22. The van der Waals surface area contributed by atoms with E-state index >= 15 is 0 Å². The summed E-state index contributed by atoms with van der Waals surface area (Å²) < 4.78 is 0. The summed E-state index contributed by atoms with van der Waals surface area (Å²) in [6.45, 7) is 0. The second-order valence-electron chi connectivity index (χ2n) is 6.95. The van der Waals surface area contributed by atoms with E-state index in [9.17, 15) is 9.59 Å². The van der Waals surface area contributed by atoms with Crippen molar-refractivity contribution in [2.45, 2.75) is 25.2 Å². The van der Waals surface area contributed by atoms with Gasteiger partial charge in [-0.25, -0.2) is 0 Å². The van der Waals surface area contributed by atoms with Crippen molar-refractivity contribution in [3.8, 4) is 11.1 Å². The Labute approximate surface area is 168 Å². The first-order chi connectivity index (χ1) is 13.6. The standard InChI is InChI=1S/C23H19ClN2O2/c24-22-18(4-1-5-19(22)20-10-11-21(27)26-23(20)28)17-8-6-15(7-9-17)13-16-3-2-12-25-14-16/h1-9,12,14,20H,10-11,13H2,(H,26,27,28). The van der Waals surface area contributed by atoms with Gasteiger partial charge in [0.25, 0.3) is 0 Å². The molecule has 2 amide bonds. The number of benzene rings is 2. The average molecular weight is 391 g/mol. The zero-order valence-corrected chi connectivity index (χ0v) is 15.9. The molecule has 1 unspecified atom stereocenters. The predicted octanol–water partition coefficient (Wildman–Crippen LogP) is 4.51. The third kappa shape index (κ3) is 3.82. The maximum Gasteiger partial charge on any atom is 0.234 e. The molecule has 4 nitrogen and oxygen atoms in total. The van der Waals surface area contributed by atoms with Gasteiger partial charge in [-0.05, 0) is 41.2 Å². The number of carbonyl (C=O) groups excluding carboxylic acids is 2. The van der Waals surface area contributed by atoms with Crippen LogP contribution in [0.5, 0.6) is 0 Å². The third-order valence-electron chi connectivity index (χ3n) is 5.04. The van der Waals surface area contributed by atoms with Gasteiger partial charge in [0.15, 0.2) is 0 Å². The quantitative estimate of drug-likeness (QED) is 0.666. The van der Waals surface area contributed by atoms with Crippen molar-refractivity contribution in [1.29, 1.82) is 0 Å². The van der Waals surface area contributed by atoms with E-state index in [1.165, 1.54) is 5.56 Å². The van der Waals surface area contributed by atoms with Crippen molar-refractivity contribution >= 4 is 23.4 Å². The van der Waals surface area contributed by atoms with Gasteiger partial charge in [0.1, 0.15) is 0 Å². The molecule has 2 aromatic carbocycles. The molecule has 2 heterocycles. The molecule has 1 aliphatic rings. The normalized spacial score (nSPS) is 16.7. The largest absolute Gasteiger partial charge is 0.296 e. The number of imide groups is 1. The van der Waals surface area contributed by atoms with Crippen LogP contribution in [0.4, 0.5) is 0 Å². The fourth-order valence-corrected chi connectivity index (χ4v) is 3.94. The number of pyridine rings is 1. The average Bonchev–Trinajstić information content (AvgIpc) is 2.70. The summed E-state index contributed by atoms with van der Waals surface area (Å²) in [5.74, 6) is -0.894. The van der Waals surface area contributed by atoms with E-state index in [4.69, 9.17) is 11.6 Å². The predicted molar refractivity (Wildman–Crippen MR) is 109 cm³/mol. The summed E-state index contributed by atoms with van der Waals surface area (Å²) in [6, 6.07) is 18.0. The number of amides is 2. The van der Waals surface area contributed by atoms with Crippen molar-refractivity contribution in [2.75, 3.05) is 0 Å². The molecule has 5 heteroatoms. The maximum atomic E-state index is 12.2. The van der Waals surface area contributed by atoms with Gasteiger partial charge >= 0.3 is 0 Å². The number of aromatic nitrogens is 1. The van der Waals surface area contributed by atoms with Gasteiger partial charge < -0.3 is 0 Å². The van der Waals surface area contributed by atoms with E-state index in [2.05, 4.69) is 28.5 Å². The van der Waals surface area contributed by atoms with Crippen molar-refractivity contribution in [3.05, 3.63) is 88.7 Å². The van der Waals surface area contributed by atoms with Crippen LogP contribution in [0, 0.1) is 0 Å². The Morgan fingerprint density at radius 1 is 1.00 bits per heavy atom. The summed E-state index contributed by atoms with van der Waals surface area (Å²) >= 11 is 6.67. The highest BCUT2D eigenvalue weighted by Crippen LogP contribution is 2.37. The molecule has 0 aliphatic carbocycles. The van der Waals surface area contributed by atoms with Gasteiger partial charge in [-0.2, -0.15) is 0 Å². The van der Waals surface area contributed by atoms with Gasteiger partial charge in [0.05, 0.1) is 10.9 Å². The molecule has 4 rings (SSSR count). The Kier molecular flexibility index (Phi) is 5.22. The number of nitrogens with one attached hydrogen (secondary N) is 1. The minimum atomic E-state index is -0.394. The molecule has 0 saturated carbocycles. The van der Waals surface area contributed by atoms with E-state index in [0.717, 1.165) is 28.7 Å². The number of nitrogens with zero attached hydrogens (tertiary/aromatic N) is 1. The molecule has 28 heavy (non-hydrogen) atoms. The van der Waals surface area contributed by atoms with Crippen LogP contribution in [0.15, 0.2) is 67.0 Å². The molecule has 3 aromatic rings. The number of rotatable bonds is 4. The summed E-state index contributed by atoms with van der Waals surface area (Å²) in [6.07, 6.45) is 5.27. The smallest absolute Gasteiger partial charge is 0.234 e. The van der Waals surface area contributed by atoms with E-state index in [-0.39, 0.29) is 11.8 Å². The molecule has 1 aromatic heterocycles. The summed E-state index contributed by atoms with van der Waals surface area (Å²) in [7, 11) is 0. The van der Waals surface area contributed by atoms with Crippen LogP contribution >= 0.6 is 11.6 Å². The number of carbonyl (C=O) groups is 2. The van der Waals surface area contributed by atoms with Gasteiger partial charge in [0, 0.05) is 24.4 Å².